The smallest absolute Gasteiger partial charge is 0.122 e. The van der Waals surface area contributed by atoms with Gasteiger partial charge in [0, 0.05) is 12.6 Å². The van der Waals surface area contributed by atoms with Gasteiger partial charge in [-0.3, -0.25) is 5.32 Å². The third-order valence-corrected chi connectivity index (χ3v) is 5.30. The van der Waals surface area contributed by atoms with Crippen LogP contribution in [0.15, 0.2) is 0 Å². The van der Waals surface area contributed by atoms with Crippen LogP contribution in [0.4, 0.5) is 0 Å². The van der Waals surface area contributed by atoms with Gasteiger partial charge in [0.05, 0.1) is 6.07 Å². The Morgan fingerprint density at radius 2 is 1.95 bits per heavy atom. The first-order valence-electron chi connectivity index (χ1n) is 8.49. The van der Waals surface area contributed by atoms with E-state index in [4.69, 9.17) is 0 Å². The largest absolute Gasteiger partial charge is 0.300 e. The Morgan fingerprint density at radius 1 is 1.25 bits per heavy atom. The van der Waals surface area contributed by atoms with Gasteiger partial charge in [-0.05, 0) is 57.5 Å². The van der Waals surface area contributed by atoms with Gasteiger partial charge in [0.2, 0.25) is 0 Å². The minimum Gasteiger partial charge on any atom is -0.300 e. The Kier molecular flexibility index (Phi) is 5.46. The molecule has 0 aromatic carbocycles. The van der Waals surface area contributed by atoms with Gasteiger partial charge in [-0.2, -0.15) is 5.26 Å². The molecular formula is C17H31N3. The molecule has 1 N–H and O–H groups in total. The van der Waals surface area contributed by atoms with E-state index in [9.17, 15) is 5.26 Å². The van der Waals surface area contributed by atoms with E-state index in [-0.39, 0.29) is 5.54 Å². The molecule has 2 saturated carbocycles. The number of likely N-dealkylation sites (N-methyl/N-ethyl adjacent to an activating group) is 1. The average molecular weight is 277 g/mol. The first kappa shape index (κ1) is 15.8. The van der Waals surface area contributed by atoms with Crippen molar-refractivity contribution in [3.63, 3.8) is 0 Å². The second kappa shape index (κ2) is 6.91. The highest BCUT2D eigenvalue weighted by Gasteiger charge is 2.46. The Morgan fingerprint density at radius 3 is 2.50 bits per heavy atom. The zero-order valence-electron chi connectivity index (χ0n) is 13.5. The van der Waals surface area contributed by atoms with Crippen molar-refractivity contribution < 1.29 is 0 Å². The molecular weight excluding hydrogens is 246 g/mol. The summed E-state index contributed by atoms with van der Waals surface area (Å²) < 4.78 is 0. The van der Waals surface area contributed by atoms with Crippen LogP contribution in [0, 0.1) is 23.2 Å². The van der Waals surface area contributed by atoms with Crippen molar-refractivity contribution in [1.82, 2.24) is 10.2 Å². The topological polar surface area (TPSA) is 39.1 Å². The van der Waals surface area contributed by atoms with Gasteiger partial charge in [-0.15, -0.1) is 0 Å². The van der Waals surface area contributed by atoms with Crippen LogP contribution < -0.4 is 5.32 Å². The summed E-state index contributed by atoms with van der Waals surface area (Å²) in [4.78, 5) is 2.48. The van der Waals surface area contributed by atoms with E-state index in [2.05, 4.69) is 37.2 Å². The molecule has 0 aliphatic heterocycles. The van der Waals surface area contributed by atoms with Crippen molar-refractivity contribution >= 4 is 0 Å². The van der Waals surface area contributed by atoms with Crippen molar-refractivity contribution in [2.45, 2.75) is 70.4 Å². The molecule has 114 valence electrons. The number of nitrogens with one attached hydrogen (secondary N) is 1. The first-order chi connectivity index (χ1) is 9.63. The molecule has 0 radical (unpaired) electrons. The zero-order chi connectivity index (χ0) is 14.6. The highest BCUT2D eigenvalue weighted by molar-refractivity contribution is 5.17. The zero-order valence-corrected chi connectivity index (χ0v) is 13.5. The highest BCUT2D eigenvalue weighted by atomic mass is 15.2. The molecule has 0 aromatic heterocycles. The number of rotatable bonds is 7. The number of nitrogens with zero attached hydrogens (tertiary/aromatic N) is 2. The Labute approximate surface area is 124 Å². The first-order valence-corrected chi connectivity index (χ1v) is 8.49. The summed E-state index contributed by atoms with van der Waals surface area (Å²) >= 11 is 0. The van der Waals surface area contributed by atoms with Crippen LogP contribution in [-0.2, 0) is 0 Å². The summed E-state index contributed by atoms with van der Waals surface area (Å²) in [7, 11) is 2.23. The number of hydrogen-bond acceptors (Lipinski definition) is 3. The molecule has 0 bridgehead atoms. The molecule has 0 amide bonds. The van der Waals surface area contributed by atoms with E-state index < -0.39 is 0 Å². The number of hydrogen-bond donors (Lipinski definition) is 1. The van der Waals surface area contributed by atoms with Crippen molar-refractivity contribution in [3.05, 3.63) is 0 Å². The highest BCUT2D eigenvalue weighted by Crippen LogP contribution is 2.40. The van der Waals surface area contributed by atoms with E-state index in [1.54, 1.807) is 0 Å². The molecule has 3 unspecified atom stereocenters. The van der Waals surface area contributed by atoms with E-state index in [1.807, 2.05) is 0 Å². The summed E-state index contributed by atoms with van der Waals surface area (Å²) in [5.74, 6) is 1.34. The normalized spacial score (nSPS) is 29.9. The van der Waals surface area contributed by atoms with Crippen LogP contribution in [-0.4, -0.2) is 36.6 Å². The van der Waals surface area contributed by atoms with Gasteiger partial charge < -0.3 is 4.90 Å². The maximum atomic E-state index is 9.79. The van der Waals surface area contributed by atoms with Gasteiger partial charge in [0.25, 0.3) is 0 Å². The molecule has 3 atom stereocenters. The summed E-state index contributed by atoms with van der Waals surface area (Å²) in [6.45, 7) is 6.40. The van der Waals surface area contributed by atoms with E-state index in [1.165, 1.54) is 38.5 Å². The lowest BCUT2D eigenvalue weighted by molar-refractivity contribution is 0.109. The number of nitriles is 1. The van der Waals surface area contributed by atoms with Crippen LogP contribution in [0.25, 0.3) is 0 Å². The van der Waals surface area contributed by atoms with Crippen LogP contribution in [0.5, 0.6) is 0 Å². The Balaban J connectivity index is 2.01. The Bertz CT molecular complexity index is 345. The van der Waals surface area contributed by atoms with Crippen LogP contribution in [0.2, 0.25) is 0 Å². The molecule has 2 aliphatic rings. The summed E-state index contributed by atoms with van der Waals surface area (Å²) in [6, 6.07) is 3.31. The lowest BCUT2D eigenvalue weighted by Gasteiger charge is -2.41. The van der Waals surface area contributed by atoms with Gasteiger partial charge >= 0.3 is 0 Å². The van der Waals surface area contributed by atoms with Crippen LogP contribution in [0.1, 0.15) is 58.8 Å². The maximum absolute atomic E-state index is 9.79. The van der Waals surface area contributed by atoms with Gasteiger partial charge in [-0.25, -0.2) is 0 Å². The fourth-order valence-electron chi connectivity index (χ4n) is 3.88. The average Bonchev–Trinajstić information content (AvgIpc) is 3.29. The fourth-order valence-corrected chi connectivity index (χ4v) is 3.88. The molecule has 0 heterocycles. The minimum absolute atomic E-state index is 0.304. The van der Waals surface area contributed by atoms with Crippen molar-refractivity contribution in [1.29, 1.82) is 5.26 Å². The quantitative estimate of drug-likeness (QED) is 0.777. The third-order valence-electron chi connectivity index (χ3n) is 5.30. The third kappa shape index (κ3) is 3.54. The molecule has 20 heavy (non-hydrogen) atoms. The monoisotopic (exact) mass is 277 g/mol. The molecule has 3 nitrogen and oxygen atoms in total. The lowest BCUT2D eigenvalue weighted by Crippen LogP contribution is -2.56. The van der Waals surface area contributed by atoms with Gasteiger partial charge in [0.1, 0.15) is 5.54 Å². The summed E-state index contributed by atoms with van der Waals surface area (Å²) in [5, 5.41) is 13.4. The lowest BCUT2D eigenvalue weighted by atomic mass is 9.84. The van der Waals surface area contributed by atoms with E-state index in [0.717, 1.165) is 25.4 Å². The second-order valence-electron chi connectivity index (χ2n) is 7.03. The standard InChI is InChI=1S/C17H31N3/c1-4-11-19-17(12-18,15-9-10-15)13-20(3)16-8-6-5-7-14(16)2/h14-16,19H,4-11,13H2,1-3H3. The van der Waals surface area contributed by atoms with Crippen LogP contribution in [0.3, 0.4) is 0 Å². The summed E-state index contributed by atoms with van der Waals surface area (Å²) in [6.07, 6.45) is 8.92. The van der Waals surface area contributed by atoms with Crippen molar-refractivity contribution in [3.8, 4) is 6.07 Å². The predicted octanol–water partition coefficient (Wildman–Crippen LogP) is 3.17. The van der Waals surface area contributed by atoms with Gasteiger partial charge in [-0.1, -0.05) is 26.7 Å². The minimum atomic E-state index is -0.304. The second-order valence-corrected chi connectivity index (χ2v) is 7.03. The molecule has 0 aromatic rings. The van der Waals surface area contributed by atoms with Gasteiger partial charge in [0.15, 0.2) is 0 Å². The predicted molar refractivity (Wildman–Crippen MR) is 83.4 cm³/mol. The molecule has 3 heteroatoms. The Hall–Kier alpha value is -0.590. The molecule has 0 saturated heterocycles. The molecule has 2 rings (SSSR count). The molecule has 0 spiro atoms. The van der Waals surface area contributed by atoms with Crippen molar-refractivity contribution in [2.75, 3.05) is 20.1 Å². The SMILES string of the molecule is CCCNC(C#N)(CN(C)C1CCCCC1C)C1CC1. The fraction of sp³-hybridized carbons (Fsp3) is 0.941. The van der Waals surface area contributed by atoms with E-state index in [0.29, 0.717) is 12.0 Å². The van der Waals surface area contributed by atoms with E-state index >= 15 is 0 Å². The molecule has 2 aliphatic carbocycles. The van der Waals surface area contributed by atoms with Crippen LogP contribution >= 0.6 is 0 Å². The summed E-state index contributed by atoms with van der Waals surface area (Å²) in [5.41, 5.74) is -0.304. The maximum Gasteiger partial charge on any atom is 0.122 e. The molecule has 2 fully saturated rings. The van der Waals surface area contributed by atoms with Crippen molar-refractivity contribution in [2.24, 2.45) is 11.8 Å².